The summed E-state index contributed by atoms with van der Waals surface area (Å²) in [7, 11) is 0. The van der Waals surface area contributed by atoms with Gasteiger partial charge in [-0.3, -0.25) is 0 Å². The van der Waals surface area contributed by atoms with Gasteiger partial charge in [-0.1, -0.05) is 51.9 Å². The molecule has 0 amide bonds. The van der Waals surface area contributed by atoms with E-state index in [1.807, 2.05) is 0 Å². The van der Waals surface area contributed by atoms with Crippen LogP contribution in [0.4, 0.5) is 0 Å². The zero-order valence-corrected chi connectivity index (χ0v) is 14.2. The minimum Gasteiger partial charge on any atom is -0.234 e. The topological polar surface area (TPSA) is 8.81 Å². The molecule has 1 heterocycles. The molecule has 0 aliphatic heterocycles. The van der Waals surface area contributed by atoms with Crippen LogP contribution >= 0.6 is 0 Å². The van der Waals surface area contributed by atoms with Crippen molar-refractivity contribution in [1.82, 2.24) is 4.57 Å². The fourth-order valence-electron chi connectivity index (χ4n) is 2.89. The quantitative estimate of drug-likeness (QED) is 0.389. The molecule has 116 valence electrons. The van der Waals surface area contributed by atoms with Gasteiger partial charge in [-0.25, -0.2) is 9.13 Å². The molecule has 0 aliphatic carbocycles. The van der Waals surface area contributed by atoms with Gasteiger partial charge in [0.15, 0.2) is 0 Å². The maximum Gasteiger partial charge on any atom is 0.253 e. The van der Waals surface area contributed by atoms with Crippen LogP contribution in [0.5, 0.6) is 0 Å². The van der Waals surface area contributed by atoms with E-state index >= 15 is 0 Å². The molecule has 0 bridgehead atoms. The van der Waals surface area contributed by atoms with E-state index in [9.17, 15) is 0 Å². The zero-order chi connectivity index (χ0) is 14.8. The first-order valence-electron chi connectivity index (χ1n) is 8.73. The zero-order valence-electron chi connectivity index (χ0n) is 14.2. The van der Waals surface area contributed by atoms with Crippen molar-refractivity contribution in [3.05, 3.63) is 18.2 Å². The molecule has 0 fully saturated rings. The molecule has 1 rings (SSSR count). The number of hydrogen-bond donors (Lipinski definition) is 0. The van der Waals surface area contributed by atoms with Gasteiger partial charge in [0.2, 0.25) is 0 Å². The van der Waals surface area contributed by atoms with Crippen LogP contribution in [0, 0.1) is 6.92 Å². The standard InChI is InChI=1S/C18H35N2/c1-5-6-7-8-9-10-11-12-13-14-19-15-16-20(17(2)3)18(19)4/h15-17H,5-14H2,1-4H3/q+1. The average molecular weight is 279 g/mol. The lowest BCUT2D eigenvalue weighted by Crippen LogP contribution is -2.35. The van der Waals surface area contributed by atoms with E-state index in [1.54, 1.807) is 0 Å². The molecule has 0 aromatic carbocycles. The summed E-state index contributed by atoms with van der Waals surface area (Å²) in [6.45, 7) is 10.2. The van der Waals surface area contributed by atoms with Gasteiger partial charge in [0.1, 0.15) is 12.4 Å². The number of imidazole rings is 1. The van der Waals surface area contributed by atoms with Crippen molar-refractivity contribution in [1.29, 1.82) is 0 Å². The molecule has 1 aromatic heterocycles. The number of aryl methyl sites for hydroxylation is 1. The van der Waals surface area contributed by atoms with Crippen LogP contribution < -0.4 is 4.57 Å². The molecule has 0 saturated heterocycles. The normalized spacial score (nSPS) is 11.4. The fraction of sp³-hybridized carbons (Fsp3) is 0.833. The molecular formula is C18H35N2+. The molecule has 0 aliphatic rings. The number of aromatic nitrogens is 2. The summed E-state index contributed by atoms with van der Waals surface area (Å²) >= 11 is 0. The van der Waals surface area contributed by atoms with Crippen LogP contribution in [-0.4, -0.2) is 4.57 Å². The SMILES string of the molecule is CCCCCCCCCCC[n+]1ccn(C(C)C)c1C. The first kappa shape index (κ1) is 17.3. The van der Waals surface area contributed by atoms with E-state index in [0.29, 0.717) is 6.04 Å². The molecule has 0 atom stereocenters. The van der Waals surface area contributed by atoms with Crippen LogP contribution in [-0.2, 0) is 6.54 Å². The first-order chi connectivity index (χ1) is 9.66. The number of rotatable bonds is 11. The van der Waals surface area contributed by atoms with Crippen LogP contribution in [0.2, 0.25) is 0 Å². The smallest absolute Gasteiger partial charge is 0.234 e. The Balaban J connectivity index is 2.07. The lowest BCUT2D eigenvalue weighted by Gasteiger charge is -2.04. The van der Waals surface area contributed by atoms with Crippen LogP contribution in [0.3, 0.4) is 0 Å². The van der Waals surface area contributed by atoms with E-state index < -0.39 is 0 Å². The summed E-state index contributed by atoms with van der Waals surface area (Å²) in [4.78, 5) is 0. The third-order valence-corrected chi connectivity index (χ3v) is 4.26. The van der Waals surface area contributed by atoms with Crippen molar-refractivity contribution in [2.45, 2.75) is 98.1 Å². The summed E-state index contributed by atoms with van der Waals surface area (Å²) in [5, 5.41) is 0. The minimum absolute atomic E-state index is 0.569. The Morgan fingerprint density at radius 1 is 0.950 bits per heavy atom. The highest BCUT2D eigenvalue weighted by Gasteiger charge is 2.13. The van der Waals surface area contributed by atoms with E-state index in [0.717, 1.165) is 0 Å². The van der Waals surface area contributed by atoms with Crippen molar-refractivity contribution in [3.8, 4) is 0 Å². The molecular weight excluding hydrogens is 244 g/mol. The largest absolute Gasteiger partial charge is 0.253 e. The van der Waals surface area contributed by atoms with Crippen LogP contribution in [0.15, 0.2) is 12.4 Å². The molecule has 0 spiro atoms. The van der Waals surface area contributed by atoms with Gasteiger partial charge >= 0.3 is 0 Å². The van der Waals surface area contributed by atoms with Crippen molar-refractivity contribution in [3.63, 3.8) is 0 Å². The summed E-state index contributed by atoms with van der Waals surface area (Å²) in [5.74, 6) is 1.39. The van der Waals surface area contributed by atoms with Crippen molar-refractivity contribution < 1.29 is 4.57 Å². The van der Waals surface area contributed by atoms with Gasteiger partial charge in [-0.05, 0) is 26.7 Å². The molecule has 0 unspecified atom stereocenters. The van der Waals surface area contributed by atoms with Gasteiger partial charge < -0.3 is 0 Å². The number of unbranched alkanes of at least 4 members (excludes halogenated alkanes) is 8. The van der Waals surface area contributed by atoms with Crippen molar-refractivity contribution >= 4 is 0 Å². The molecule has 0 saturated carbocycles. The second-order valence-corrected chi connectivity index (χ2v) is 6.37. The highest BCUT2D eigenvalue weighted by Crippen LogP contribution is 2.10. The lowest BCUT2D eigenvalue weighted by molar-refractivity contribution is -0.703. The number of nitrogens with zero attached hydrogens (tertiary/aromatic N) is 2. The van der Waals surface area contributed by atoms with Crippen LogP contribution in [0.25, 0.3) is 0 Å². The van der Waals surface area contributed by atoms with Gasteiger partial charge in [-0.15, -0.1) is 0 Å². The Kier molecular flexibility index (Phi) is 8.64. The summed E-state index contributed by atoms with van der Waals surface area (Å²) < 4.78 is 4.76. The lowest BCUT2D eigenvalue weighted by atomic mass is 10.1. The van der Waals surface area contributed by atoms with Crippen molar-refractivity contribution in [2.75, 3.05) is 0 Å². The summed E-state index contributed by atoms with van der Waals surface area (Å²) in [5.41, 5.74) is 0. The van der Waals surface area contributed by atoms with E-state index in [-0.39, 0.29) is 0 Å². The maximum atomic E-state index is 2.40. The molecule has 1 aromatic rings. The predicted octanol–water partition coefficient (Wildman–Crippen LogP) is 5.20. The number of hydrogen-bond acceptors (Lipinski definition) is 0. The Hall–Kier alpha value is -0.790. The molecule has 0 radical (unpaired) electrons. The van der Waals surface area contributed by atoms with Crippen LogP contribution in [0.1, 0.15) is 90.4 Å². The monoisotopic (exact) mass is 279 g/mol. The summed E-state index contributed by atoms with van der Waals surface area (Å²) in [6.07, 6.45) is 17.1. The minimum atomic E-state index is 0.569. The molecule has 20 heavy (non-hydrogen) atoms. The van der Waals surface area contributed by atoms with Gasteiger partial charge in [0, 0.05) is 6.92 Å². The molecule has 2 nitrogen and oxygen atoms in total. The highest BCUT2D eigenvalue weighted by molar-refractivity contribution is 4.82. The third kappa shape index (κ3) is 6.11. The Morgan fingerprint density at radius 3 is 2.00 bits per heavy atom. The third-order valence-electron chi connectivity index (χ3n) is 4.26. The molecule has 0 N–H and O–H groups in total. The van der Waals surface area contributed by atoms with E-state index in [1.165, 1.54) is 70.2 Å². The van der Waals surface area contributed by atoms with E-state index in [2.05, 4.69) is 49.2 Å². The maximum absolute atomic E-state index is 2.40. The fourth-order valence-corrected chi connectivity index (χ4v) is 2.89. The van der Waals surface area contributed by atoms with Gasteiger partial charge in [0.05, 0.1) is 12.6 Å². The van der Waals surface area contributed by atoms with Gasteiger partial charge in [-0.2, -0.15) is 0 Å². The van der Waals surface area contributed by atoms with Gasteiger partial charge in [0.25, 0.3) is 5.82 Å². The Morgan fingerprint density at radius 2 is 1.50 bits per heavy atom. The molecule has 2 heteroatoms. The van der Waals surface area contributed by atoms with Crippen molar-refractivity contribution in [2.24, 2.45) is 0 Å². The summed E-state index contributed by atoms with van der Waals surface area (Å²) in [6, 6.07) is 0.569. The average Bonchev–Trinajstić information content (AvgIpc) is 2.78. The predicted molar refractivity (Wildman–Crippen MR) is 87.0 cm³/mol. The second-order valence-electron chi connectivity index (χ2n) is 6.37. The van der Waals surface area contributed by atoms with E-state index in [4.69, 9.17) is 0 Å². The first-order valence-corrected chi connectivity index (χ1v) is 8.73. The second kappa shape index (κ2) is 10.0. The highest BCUT2D eigenvalue weighted by atomic mass is 15.2. The Labute approximate surface area is 126 Å². The Bertz CT molecular complexity index is 352.